The summed E-state index contributed by atoms with van der Waals surface area (Å²) in [5, 5.41) is 1.60. The first kappa shape index (κ1) is 20.5. The maximum absolute atomic E-state index is 12.9. The molecule has 0 radical (unpaired) electrons. The number of carbonyl (C=O) groups excluding carboxylic acids is 2. The zero-order chi connectivity index (χ0) is 21.8. The van der Waals surface area contributed by atoms with Crippen LogP contribution in [0.1, 0.15) is 11.1 Å². The minimum absolute atomic E-state index is 0.0299. The smallest absolute Gasteiger partial charge is 0.282 e. The first-order chi connectivity index (χ1) is 15.1. The summed E-state index contributed by atoms with van der Waals surface area (Å²) in [5.74, 6) is -0.186. The average molecular weight is 435 g/mol. The number of ether oxygens (including phenoxy) is 2. The summed E-state index contributed by atoms with van der Waals surface area (Å²) in [4.78, 5) is 25.5. The van der Waals surface area contributed by atoms with Crippen LogP contribution in [0, 0.1) is 0 Å². The van der Waals surface area contributed by atoms with Crippen molar-refractivity contribution >= 4 is 35.2 Å². The lowest BCUT2D eigenvalue weighted by atomic mass is 10.1. The molecular weight excluding hydrogens is 416 g/mol. The number of nitrogens with one attached hydrogen (secondary N) is 1. The fourth-order valence-corrected chi connectivity index (χ4v) is 3.42. The normalized spacial score (nSPS) is 14.6. The largest absolute Gasteiger partial charge is 0.493 e. The van der Waals surface area contributed by atoms with Crippen LogP contribution in [-0.2, 0) is 16.2 Å². The lowest BCUT2D eigenvalue weighted by Gasteiger charge is -2.15. The van der Waals surface area contributed by atoms with Gasteiger partial charge in [0, 0.05) is 16.7 Å². The van der Waals surface area contributed by atoms with Gasteiger partial charge in [0.1, 0.15) is 12.2 Å². The Bertz CT molecular complexity index is 1150. The molecule has 3 aromatic carbocycles. The van der Waals surface area contributed by atoms with E-state index in [1.165, 1.54) is 18.2 Å². The van der Waals surface area contributed by atoms with E-state index in [1.54, 1.807) is 36.4 Å². The molecule has 0 atom stereocenters. The average Bonchev–Trinajstić information content (AvgIpc) is 3.07. The van der Waals surface area contributed by atoms with E-state index in [4.69, 9.17) is 21.1 Å². The molecular formula is C24H19ClN2O4. The second-order valence-electron chi connectivity index (χ2n) is 6.78. The summed E-state index contributed by atoms with van der Waals surface area (Å²) in [7, 11) is 1.50. The van der Waals surface area contributed by atoms with Crippen molar-refractivity contribution in [2.45, 2.75) is 6.61 Å². The Morgan fingerprint density at radius 3 is 2.35 bits per heavy atom. The molecule has 1 aliphatic rings. The number of rotatable bonds is 6. The van der Waals surface area contributed by atoms with Gasteiger partial charge in [-0.1, -0.05) is 60.1 Å². The monoisotopic (exact) mass is 434 g/mol. The van der Waals surface area contributed by atoms with Crippen LogP contribution in [0.3, 0.4) is 0 Å². The van der Waals surface area contributed by atoms with E-state index in [0.717, 1.165) is 5.56 Å². The van der Waals surface area contributed by atoms with Crippen LogP contribution in [0.4, 0.5) is 5.69 Å². The number of nitrogens with zero attached hydrogens (tertiary/aromatic N) is 1. The number of halogens is 1. The molecule has 1 saturated heterocycles. The Hall–Kier alpha value is -3.77. The van der Waals surface area contributed by atoms with Gasteiger partial charge in [-0.25, -0.2) is 5.01 Å². The molecule has 0 spiro atoms. The van der Waals surface area contributed by atoms with Gasteiger partial charge in [-0.3, -0.25) is 15.0 Å². The lowest BCUT2D eigenvalue weighted by molar-refractivity contribution is -0.117. The Labute approximate surface area is 184 Å². The SMILES string of the molecule is COc1cc(Cl)cc(/C=C2/C(=O)NN(c3ccccc3)C2=O)c1OCc1ccccc1. The number of anilines is 1. The van der Waals surface area contributed by atoms with E-state index in [-0.39, 0.29) is 12.2 Å². The van der Waals surface area contributed by atoms with Gasteiger partial charge in [-0.05, 0) is 29.8 Å². The van der Waals surface area contributed by atoms with Crippen molar-refractivity contribution in [1.29, 1.82) is 0 Å². The number of methoxy groups -OCH3 is 1. The topological polar surface area (TPSA) is 67.9 Å². The molecule has 0 aromatic heterocycles. The van der Waals surface area contributed by atoms with Crippen LogP contribution >= 0.6 is 11.6 Å². The number of para-hydroxylation sites is 1. The molecule has 1 fully saturated rings. The van der Waals surface area contributed by atoms with Gasteiger partial charge in [0.05, 0.1) is 12.8 Å². The number of hydrazine groups is 1. The summed E-state index contributed by atoms with van der Waals surface area (Å²) in [6.07, 6.45) is 1.47. The molecule has 4 rings (SSSR count). The molecule has 1 heterocycles. The molecule has 0 bridgehead atoms. The molecule has 7 heteroatoms. The van der Waals surface area contributed by atoms with Gasteiger partial charge in [-0.2, -0.15) is 0 Å². The van der Waals surface area contributed by atoms with Crippen LogP contribution in [0.15, 0.2) is 78.4 Å². The molecule has 0 aliphatic carbocycles. The Morgan fingerprint density at radius 1 is 1.00 bits per heavy atom. The molecule has 1 aliphatic heterocycles. The molecule has 156 valence electrons. The molecule has 3 aromatic rings. The van der Waals surface area contributed by atoms with Crippen LogP contribution in [0.5, 0.6) is 11.5 Å². The highest BCUT2D eigenvalue weighted by Crippen LogP contribution is 2.37. The Morgan fingerprint density at radius 2 is 1.68 bits per heavy atom. The molecule has 31 heavy (non-hydrogen) atoms. The summed E-state index contributed by atoms with van der Waals surface area (Å²) in [6.45, 7) is 0.283. The summed E-state index contributed by atoms with van der Waals surface area (Å²) >= 11 is 6.24. The number of amides is 2. The number of hydrogen-bond acceptors (Lipinski definition) is 4. The van der Waals surface area contributed by atoms with E-state index in [1.807, 2.05) is 36.4 Å². The summed E-state index contributed by atoms with van der Waals surface area (Å²) in [6, 6.07) is 21.7. The van der Waals surface area contributed by atoms with Crippen LogP contribution < -0.4 is 19.9 Å². The van der Waals surface area contributed by atoms with Crippen molar-refractivity contribution < 1.29 is 19.1 Å². The minimum Gasteiger partial charge on any atom is -0.493 e. The quantitative estimate of drug-likeness (QED) is 0.461. The van der Waals surface area contributed by atoms with Crippen LogP contribution in [0.25, 0.3) is 6.08 Å². The van der Waals surface area contributed by atoms with Gasteiger partial charge in [0.2, 0.25) is 0 Å². The van der Waals surface area contributed by atoms with Crippen molar-refractivity contribution in [3.8, 4) is 11.5 Å². The predicted molar refractivity (Wildman–Crippen MR) is 119 cm³/mol. The van der Waals surface area contributed by atoms with Gasteiger partial charge >= 0.3 is 0 Å². The van der Waals surface area contributed by atoms with Gasteiger partial charge in [0.25, 0.3) is 11.8 Å². The molecule has 0 saturated carbocycles. The fraction of sp³-hybridized carbons (Fsp3) is 0.0833. The van der Waals surface area contributed by atoms with E-state index in [2.05, 4.69) is 5.43 Å². The van der Waals surface area contributed by atoms with Crippen molar-refractivity contribution in [2.75, 3.05) is 12.1 Å². The third-order valence-corrected chi connectivity index (χ3v) is 4.92. The van der Waals surface area contributed by atoms with Crippen molar-refractivity contribution in [1.82, 2.24) is 5.43 Å². The maximum atomic E-state index is 12.9. The molecule has 2 amide bonds. The second kappa shape index (κ2) is 8.93. The summed E-state index contributed by atoms with van der Waals surface area (Å²) < 4.78 is 11.4. The Kier molecular flexibility index (Phi) is 5.91. The van der Waals surface area contributed by atoms with Gasteiger partial charge in [-0.15, -0.1) is 0 Å². The molecule has 1 N–H and O–H groups in total. The second-order valence-corrected chi connectivity index (χ2v) is 7.21. The van der Waals surface area contributed by atoms with Crippen LogP contribution in [-0.4, -0.2) is 18.9 Å². The highest BCUT2D eigenvalue weighted by atomic mass is 35.5. The fourth-order valence-electron chi connectivity index (χ4n) is 3.20. The van der Waals surface area contributed by atoms with Gasteiger partial charge < -0.3 is 9.47 Å². The van der Waals surface area contributed by atoms with E-state index < -0.39 is 11.8 Å². The highest BCUT2D eigenvalue weighted by molar-refractivity contribution is 6.32. The lowest BCUT2D eigenvalue weighted by Crippen LogP contribution is -2.35. The predicted octanol–water partition coefficient (Wildman–Crippen LogP) is 4.39. The third kappa shape index (κ3) is 4.39. The number of carbonyl (C=O) groups is 2. The highest BCUT2D eigenvalue weighted by Gasteiger charge is 2.34. The van der Waals surface area contributed by atoms with Crippen LogP contribution in [0.2, 0.25) is 5.02 Å². The minimum atomic E-state index is -0.512. The molecule has 6 nitrogen and oxygen atoms in total. The standard InChI is InChI=1S/C24H19ClN2O4/c1-30-21-14-18(25)12-17(22(21)31-15-16-8-4-2-5-9-16)13-20-23(28)26-27(24(20)29)19-10-6-3-7-11-19/h2-14H,15H2,1H3,(H,26,28)/b20-13-. The van der Waals surface area contributed by atoms with Crippen molar-refractivity contribution in [3.05, 3.63) is 94.5 Å². The zero-order valence-electron chi connectivity index (χ0n) is 16.7. The third-order valence-electron chi connectivity index (χ3n) is 4.70. The van der Waals surface area contributed by atoms with E-state index >= 15 is 0 Å². The number of hydrogen-bond donors (Lipinski definition) is 1. The summed E-state index contributed by atoms with van der Waals surface area (Å²) in [5.41, 5.74) is 4.54. The first-order valence-electron chi connectivity index (χ1n) is 9.53. The van der Waals surface area contributed by atoms with Crippen molar-refractivity contribution in [3.63, 3.8) is 0 Å². The maximum Gasteiger partial charge on any atom is 0.282 e. The molecule has 0 unspecified atom stereocenters. The zero-order valence-corrected chi connectivity index (χ0v) is 17.4. The van der Waals surface area contributed by atoms with Gasteiger partial charge in [0.15, 0.2) is 11.5 Å². The van der Waals surface area contributed by atoms with E-state index in [9.17, 15) is 9.59 Å². The van der Waals surface area contributed by atoms with Crippen molar-refractivity contribution in [2.24, 2.45) is 0 Å². The first-order valence-corrected chi connectivity index (χ1v) is 9.91. The van der Waals surface area contributed by atoms with E-state index in [0.29, 0.717) is 27.8 Å². The Balaban J connectivity index is 1.70. The number of benzene rings is 3.